The Balaban J connectivity index is 2.60. The molecule has 0 bridgehead atoms. The van der Waals surface area contributed by atoms with Gasteiger partial charge >= 0.3 is 25.5 Å². The molecule has 8 nitrogen and oxygen atoms in total. The molecule has 22 heavy (non-hydrogen) atoms. The molecule has 3 N–H and O–H groups in total. The SMILES string of the molecule is O=C(O)CC(CCC(=O)OP(=O)(O)c1ccccc1)C(=O)O. The molecule has 0 radical (unpaired) electrons. The van der Waals surface area contributed by atoms with Crippen molar-refractivity contribution in [3.8, 4) is 0 Å². The molecule has 9 heteroatoms. The van der Waals surface area contributed by atoms with E-state index in [1.165, 1.54) is 24.3 Å². The van der Waals surface area contributed by atoms with Gasteiger partial charge in [0.25, 0.3) is 0 Å². The fourth-order valence-electron chi connectivity index (χ4n) is 1.67. The second-order valence-corrected chi connectivity index (χ2v) is 6.23. The van der Waals surface area contributed by atoms with E-state index < -0.39 is 44.3 Å². The van der Waals surface area contributed by atoms with Crippen LogP contribution >= 0.6 is 7.60 Å². The van der Waals surface area contributed by atoms with Crippen LogP contribution in [0, 0.1) is 5.92 Å². The Morgan fingerprint density at radius 1 is 1.14 bits per heavy atom. The van der Waals surface area contributed by atoms with Crippen LogP contribution in [0.1, 0.15) is 19.3 Å². The van der Waals surface area contributed by atoms with E-state index in [0.717, 1.165) is 0 Å². The Bertz CT molecular complexity index is 597. The van der Waals surface area contributed by atoms with Gasteiger partial charge in [-0.2, -0.15) is 0 Å². The average molecular weight is 330 g/mol. The zero-order chi connectivity index (χ0) is 16.8. The van der Waals surface area contributed by atoms with E-state index in [1.807, 2.05) is 0 Å². The maximum absolute atomic E-state index is 11.9. The van der Waals surface area contributed by atoms with Crippen LogP contribution < -0.4 is 5.30 Å². The van der Waals surface area contributed by atoms with Gasteiger partial charge in [-0.25, -0.2) is 4.57 Å². The minimum atomic E-state index is -4.33. The van der Waals surface area contributed by atoms with Crippen molar-refractivity contribution in [1.29, 1.82) is 0 Å². The van der Waals surface area contributed by atoms with E-state index in [0.29, 0.717) is 0 Å². The van der Waals surface area contributed by atoms with Gasteiger partial charge < -0.3 is 19.6 Å². The summed E-state index contributed by atoms with van der Waals surface area (Å²) in [5, 5.41) is 17.3. The highest BCUT2D eigenvalue weighted by Gasteiger charge is 2.28. The molecule has 0 aliphatic rings. The third-order valence-corrected chi connectivity index (χ3v) is 4.18. The highest BCUT2D eigenvalue weighted by molar-refractivity contribution is 7.61. The van der Waals surface area contributed by atoms with Crippen molar-refractivity contribution >= 4 is 30.8 Å². The summed E-state index contributed by atoms with van der Waals surface area (Å²) >= 11 is 0. The molecule has 1 rings (SSSR count). The van der Waals surface area contributed by atoms with Crippen LogP contribution in [0.25, 0.3) is 0 Å². The van der Waals surface area contributed by atoms with Crippen LogP contribution in [0.3, 0.4) is 0 Å². The third-order valence-electron chi connectivity index (χ3n) is 2.78. The Morgan fingerprint density at radius 3 is 2.23 bits per heavy atom. The predicted octanol–water partition coefficient (Wildman–Crippen LogP) is 0.996. The number of aliphatic carboxylic acids is 2. The summed E-state index contributed by atoms with van der Waals surface area (Å²) in [6.07, 6.45) is -1.41. The van der Waals surface area contributed by atoms with Crippen LogP contribution in [-0.4, -0.2) is 33.0 Å². The molecule has 0 fully saturated rings. The normalized spacial score (nSPS) is 14.6. The smallest absolute Gasteiger partial charge is 0.410 e. The summed E-state index contributed by atoms with van der Waals surface area (Å²) < 4.78 is 16.4. The van der Waals surface area contributed by atoms with E-state index in [-0.39, 0.29) is 11.7 Å². The van der Waals surface area contributed by atoms with Gasteiger partial charge in [0.15, 0.2) is 0 Å². The second kappa shape index (κ2) is 7.72. The molecule has 1 aromatic rings. The zero-order valence-electron chi connectivity index (χ0n) is 11.4. The first kappa shape index (κ1) is 17.9. The quantitative estimate of drug-likeness (QED) is 0.600. The van der Waals surface area contributed by atoms with Gasteiger partial charge in [0.1, 0.15) is 0 Å². The molecule has 0 spiro atoms. The number of hydrogen-bond donors (Lipinski definition) is 3. The number of carbonyl (C=O) groups excluding carboxylic acids is 1. The molecular formula is C13H15O8P. The zero-order valence-corrected chi connectivity index (χ0v) is 12.3. The highest BCUT2D eigenvalue weighted by Crippen LogP contribution is 2.41. The third kappa shape index (κ3) is 5.67. The summed E-state index contributed by atoms with van der Waals surface area (Å²) in [6, 6.07) is 7.25. The lowest BCUT2D eigenvalue weighted by Crippen LogP contribution is -2.20. The second-order valence-electron chi connectivity index (χ2n) is 4.49. The molecule has 2 atom stereocenters. The van der Waals surface area contributed by atoms with E-state index >= 15 is 0 Å². The number of rotatable bonds is 8. The Hall–Kier alpha value is -2.18. The Labute approximate surface area is 125 Å². The monoisotopic (exact) mass is 330 g/mol. The lowest BCUT2D eigenvalue weighted by Gasteiger charge is -2.13. The van der Waals surface area contributed by atoms with Crippen molar-refractivity contribution in [2.45, 2.75) is 19.3 Å². The minimum Gasteiger partial charge on any atom is -0.481 e. The van der Waals surface area contributed by atoms with Gasteiger partial charge in [-0.3, -0.25) is 14.4 Å². The van der Waals surface area contributed by atoms with Crippen LogP contribution in [-0.2, 0) is 23.5 Å². The van der Waals surface area contributed by atoms with Crippen LogP contribution in [0.15, 0.2) is 30.3 Å². The first-order valence-corrected chi connectivity index (χ1v) is 7.85. The van der Waals surface area contributed by atoms with Crippen LogP contribution in [0.2, 0.25) is 0 Å². The molecule has 120 valence electrons. The molecule has 0 aliphatic carbocycles. The maximum atomic E-state index is 11.9. The summed E-state index contributed by atoms with van der Waals surface area (Å²) in [6.45, 7) is 0. The number of carbonyl (C=O) groups is 3. The molecule has 2 unspecified atom stereocenters. The summed E-state index contributed by atoms with van der Waals surface area (Å²) in [7, 11) is -4.33. The van der Waals surface area contributed by atoms with E-state index in [2.05, 4.69) is 4.52 Å². The number of carboxylic acids is 2. The molecule has 0 saturated heterocycles. The number of benzene rings is 1. The molecule has 1 aromatic carbocycles. The molecule has 0 aromatic heterocycles. The molecular weight excluding hydrogens is 315 g/mol. The van der Waals surface area contributed by atoms with Gasteiger partial charge in [-0.15, -0.1) is 0 Å². The summed E-state index contributed by atoms with van der Waals surface area (Å²) in [5.41, 5.74) is 0. The van der Waals surface area contributed by atoms with Gasteiger partial charge in [-0.05, 0) is 18.6 Å². The Morgan fingerprint density at radius 2 is 1.73 bits per heavy atom. The standard InChI is InChI=1S/C13H15O8P/c14-11(15)8-9(13(17)18)6-7-12(16)21-22(19,20)10-4-2-1-3-5-10/h1-5,9H,6-8H2,(H,14,15)(H,17,18)(H,19,20). The van der Waals surface area contributed by atoms with Crippen molar-refractivity contribution in [2.75, 3.05) is 0 Å². The van der Waals surface area contributed by atoms with E-state index in [1.54, 1.807) is 6.07 Å². The van der Waals surface area contributed by atoms with Crippen molar-refractivity contribution < 1.29 is 38.6 Å². The fourth-order valence-corrected chi connectivity index (χ4v) is 2.69. The van der Waals surface area contributed by atoms with Crippen molar-refractivity contribution in [3.63, 3.8) is 0 Å². The highest BCUT2D eigenvalue weighted by atomic mass is 31.2. The van der Waals surface area contributed by atoms with Gasteiger partial charge in [0, 0.05) is 6.42 Å². The summed E-state index contributed by atoms with van der Waals surface area (Å²) in [5.74, 6) is -4.99. The molecule has 0 saturated carbocycles. The maximum Gasteiger partial charge on any atom is 0.410 e. The van der Waals surface area contributed by atoms with E-state index in [4.69, 9.17) is 10.2 Å². The van der Waals surface area contributed by atoms with Crippen molar-refractivity contribution in [3.05, 3.63) is 30.3 Å². The molecule has 0 aliphatic heterocycles. The Kier molecular flexibility index (Phi) is 6.27. The first-order chi connectivity index (χ1) is 10.2. The van der Waals surface area contributed by atoms with Crippen LogP contribution in [0.4, 0.5) is 0 Å². The molecule has 0 heterocycles. The topological polar surface area (TPSA) is 138 Å². The lowest BCUT2D eigenvalue weighted by molar-refractivity contribution is -0.149. The number of hydrogen-bond acceptors (Lipinski definition) is 5. The van der Waals surface area contributed by atoms with Gasteiger partial charge in [0.05, 0.1) is 17.6 Å². The van der Waals surface area contributed by atoms with Crippen molar-refractivity contribution in [2.24, 2.45) is 5.92 Å². The predicted molar refractivity (Wildman–Crippen MR) is 74.6 cm³/mol. The average Bonchev–Trinajstić information content (AvgIpc) is 2.43. The number of carboxylic acid groups (broad SMARTS) is 2. The molecule has 0 amide bonds. The van der Waals surface area contributed by atoms with Crippen LogP contribution in [0.5, 0.6) is 0 Å². The fraction of sp³-hybridized carbons (Fsp3) is 0.308. The first-order valence-electron chi connectivity index (χ1n) is 6.28. The van der Waals surface area contributed by atoms with Crippen molar-refractivity contribution in [1.82, 2.24) is 0 Å². The van der Waals surface area contributed by atoms with Gasteiger partial charge in [0.2, 0.25) is 0 Å². The minimum absolute atomic E-state index is 0.0660. The largest absolute Gasteiger partial charge is 0.481 e. The lowest BCUT2D eigenvalue weighted by atomic mass is 10.00. The van der Waals surface area contributed by atoms with Gasteiger partial charge in [-0.1, -0.05) is 18.2 Å². The summed E-state index contributed by atoms with van der Waals surface area (Å²) in [4.78, 5) is 42.6. The van der Waals surface area contributed by atoms with E-state index in [9.17, 15) is 23.8 Å².